The Balaban J connectivity index is 2.57. The van der Waals surface area contributed by atoms with Crippen molar-refractivity contribution >= 4 is 88.8 Å². The van der Waals surface area contributed by atoms with Gasteiger partial charge in [0.15, 0.2) is 24.1 Å². The summed E-state index contributed by atoms with van der Waals surface area (Å²) >= 11 is 0. The maximum Gasteiger partial charge on any atom is 0.329 e. The Morgan fingerprint density at radius 1 is 0.571 bits per heavy atom. The van der Waals surface area contributed by atoms with Gasteiger partial charge in [0.25, 0.3) is 5.91 Å². The summed E-state index contributed by atoms with van der Waals surface area (Å²) in [4.78, 5) is 190. The second kappa shape index (κ2) is 43.0. The Kier molecular flexibility index (Phi) is 37.5. The van der Waals surface area contributed by atoms with Crippen molar-refractivity contribution in [1.29, 1.82) is 0 Å². The minimum absolute atomic E-state index is 0.0237. The van der Waals surface area contributed by atoms with E-state index in [9.17, 15) is 93.0 Å². The molecule has 0 radical (unpaired) electrons. The topological polar surface area (TPSA) is 636 Å². The molecule has 105 heavy (non-hydrogen) atoms. The number of nitrogens with one attached hydrogen (secondary N) is 8. The van der Waals surface area contributed by atoms with Crippen LogP contribution in [-0.4, -0.2) is 247 Å². The van der Waals surface area contributed by atoms with Gasteiger partial charge >= 0.3 is 5.97 Å². The molecular formula is C67H114N18O20. The van der Waals surface area contributed by atoms with Crippen molar-refractivity contribution in [1.82, 2.24) is 52.3 Å². The zero-order valence-electron chi connectivity index (χ0n) is 62.2. The van der Waals surface area contributed by atoms with Crippen molar-refractivity contribution in [2.24, 2.45) is 79.9 Å². The number of cyclic esters (lactones) is 1. The number of guanidine groups is 2. The summed E-state index contributed by atoms with van der Waals surface area (Å²) in [5.74, 6) is -18.4. The number of hydrogen-bond donors (Lipinski definition) is 20. The van der Waals surface area contributed by atoms with Crippen LogP contribution in [0, 0.1) is 35.5 Å². The lowest BCUT2D eigenvalue weighted by atomic mass is 9.87. The van der Waals surface area contributed by atoms with Gasteiger partial charge in [0.1, 0.15) is 66.2 Å². The van der Waals surface area contributed by atoms with Crippen LogP contribution in [0.3, 0.4) is 0 Å². The van der Waals surface area contributed by atoms with Crippen LogP contribution in [0.25, 0.3) is 0 Å². The van der Waals surface area contributed by atoms with Gasteiger partial charge < -0.3 is 122 Å². The van der Waals surface area contributed by atoms with Crippen LogP contribution in [0.5, 0.6) is 5.75 Å². The molecule has 1 aliphatic heterocycles. The zero-order chi connectivity index (χ0) is 80.3. The van der Waals surface area contributed by atoms with Gasteiger partial charge in [-0.3, -0.25) is 67.5 Å². The maximum absolute atomic E-state index is 14.8. The molecule has 38 nitrogen and oxygen atoms in total. The molecule has 12 amide bonds. The largest absolute Gasteiger partial charge is 0.508 e. The van der Waals surface area contributed by atoms with Gasteiger partial charge in [-0.15, -0.1) is 0 Å². The summed E-state index contributed by atoms with van der Waals surface area (Å²) in [5.41, 5.74) is 33.4. The number of carbonyl (C=O) groups is 13. The van der Waals surface area contributed by atoms with E-state index >= 15 is 0 Å². The standard InChI is InChI=1S/C67H114N18O20/c1-29(2)27-31(5)50(90)34(8)55(94)76-35(9)56(95)77-41(17-15-25-74-66(70)71)51(91)52(92)62(101)80-46(32(6)33(7)54(69)93)59(98)81-48(38(12)87)61(100)82-47(37(11)86)60(99)78-42(18-16-26-75-67(72)73)57(96)79-43(28-30(3)4)63(102)85(14)44(23-24-45(68)89)58(97)83-49-53(39-19-21-40(88)22-20-39)105-65(104)36(10)84(13)64(49)103/h19-22,29-38,41-44,46-53,86-88,90-92H,15-18,23-28H2,1-14H3,(H2,68,89)(H2,69,93)(H,76,94)(H,77,95)(H,78,99)(H,79,96)(H,80,101)(H,81,98)(H,82,100)(H,83,97)(H4,70,71,74)(H4,72,73,75)/t31-,32+,33-,34-,35-,36+,37-,38-,41+,42-,43+,44+,46-,47-,48-,49-,50-,51-,52-,53+/m1/s1. The first-order valence-electron chi connectivity index (χ1n) is 34.8. The van der Waals surface area contributed by atoms with Crippen LogP contribution in [0.15, 0.2) is 34.3 Å². The lowest BCUT2D eigenvalue weighted by molar-refractivity contribution is -0.153. The number of phenols is 1. The summed E-state index contributed by atoms with van der Waals surface area (Å²) in [6.07, 6.45) is -12.0. The predicted octanol–water partition coefficient (Wildman–Crippen LogP) is -6.10. The average Bonchev–Trinajstić information content (AvgIpc) is 1.71. The Morgan fingerprint density at radius 2 is 1.07 bits per heavy atom. The Labute approximate surface area is 610 Å². The normalized spacial score (nSPS) is 19.4. The van der Waals surface area contributed by atoms with Gasteiger partial charge in [0.05, 0.1) is 30.3 Å². The van der Waals surface area contributed by atoms with E-state index in [2.05, 4.69) is 52.5 Å². The number of benzene rings is 1. The monoisotopic (exact) mass is 1490 g/mol. The molecule has 0 spiro atoms. The first-order valence-corrected chi connectivity index (χ1v) is 34.8. The highest BCUT2D eigenvalue weighted by Gasteiger charge is 2.46. The summed E-state index contributed by atoms with van der Waals surface area (Å²) < 4.78 is 5.72. The third-order valence-corrected chi connectivity index (χ3v) is 18.2. The SMILES string of the molecule is CC(C)C[C@H](NC(=O)[C@@H](CCCN=C(N)N)NC(=O)[C@H](NC(=O)[C@H](NC(=O)[C@H](NC(=O)[C@H](O)[C@H](O)[C@H](CCCN=C(N)N)NC(=O)[C@@H](C)NC(=O)[C@H](C)[C@H](O)[C@H](C)CC(C)C)[C@@H](C)[C@@H](C)C(N)=O)[C@@H](C)O)[C@@H](C)O)C(=O)N(C)[C@@H](CCC(N)=O)C(=O)N[C@H]1C(=O)N(C)[C@@H](C)C(=O)O[C@H]1c1ccc(O)cc1. The van der Waals surface area contributed by atoms with E-state index in [0.717, 1.165) is 23.6 Å². The number of carbonyl (C=O) groups excluding carboxylic acids is 13. The number of aliphatic imine (C=N–C) groups is 2. The number of hydrogen-bond acceptors (Lipinski definition) is 22. The summed E-state index contributed by atoms with van der Waals surface area (Å²) in [6, 6.07) is -11.3. The second-order valence-corrected chi connectivity index (χ2v) is 27.8. The molecule has 1 fully saturated rings. The van der Waals surface area contributed by atoms with Crippen molar-refractivity contribution in [2.45, 2.75) is 231 Å². The molecule has 1 saturated heterocycles. The summed E-state index contributed by atoms with van der Waals surface area (Å²) in [7, 11) is 2.48. The van der Waals surface area contributed by atoms with E-state index in [1.54, 1.807) is 20.8 Å². The minimum atomic E-state index is -2.50. The molecule has 26 N–H and O–H groups in total. The molecule has 1 aromatic rings. The highest BCUT2D eigenvalue weighted by Crippen LogP contribution is 2.30. The van der Waals surface area contributed by atoms with Crippen LogP contribution < -0.4 is 76.9 Å². The van der Waals surface area contributed by atoms with E-state index in [0.29, 0.717) is 6.42 Å². The molecule has 20 atom stereocenters. The van der Waals surface area contributed by atoms with Crippen LogP contribution in [0.4, 0.5) is 0 Å². The third kappa shape index (κ3) is 28.8. The molecule has 0 bridgehead atoms. The number of aliphatic hydroxyl groups excluding tert-OH is 5. The van der Waals surface area contributed by atoms with Crippen LogP contribution in [0.1, 0.15) is 146 Å². The van der Waals surface area contributed by atoms with Gasteiger partial charge in [-0.1, -0.05) is 67.5 Å². The van der Waals surface area contributed by atoms with E-state index in [1.807, 2.05) is 13.8 Å². The molecular weight excluding hydrogens is 1380 g/mol. The lowest BCUT2D eigenvalue weighted by Crippen LogP contribution is -2.64. The molecule has 0 aliphatic carbocycles. The number of nitrogens with two attached hydrogens (primary N) is 6. The number of nitrogens with zero attached hydrogens (tertiary/aromatic N) is 4. The Hall–Kier alpha value is -9.53. The van der Waals surface area contributed by atoms with Crippen LogP contribution >= 0.6 is 0 Å². The molecule has 38 heteroatoms. The highest BCUT2D eigenvalue weighted by molar-refractivity contribution is 5.99. The number of aliphatic hydroxyl groups is 5. The molecule has 1 aliphatic rings. The van der Waals surface area contributed by atoms with E-state index in [-0.39, 0.29) is 80.3 Å². The van der Waals surface area contributed by atoms with Crippen molar-refractivity contribution in [3.8, 4) is 5.75 Å². The first kappa shape index (κ1) is 91.6. The van der Waals surface area contributed by atoms with Crippen molar-refractivity contribution < 1.29 is 97.7 Å². The molecule has 0 unspecified atom stereocenters. The minimum Gasteiger partial charge on any atom is -0.508 e. The Bertz CT molecular complexity index is 3200. The second-order valence-electron chi connectivity index (χ2n) is 27.8. The predicted molar refractivity (Wildman–Crippen MR) is 381 cm³/mol. The van der Waals surface area contributed by atoms with E-state index in [4.69, 9.17) is 39.1 Å². The number of aromatic hydroxyl groups is 1. The highest BCUT2D eigenvalue weighted by atomic mass is 16.5. The van der Waals surface area contributed by atoms with Gasteiger partial charge in [-0.25, -0.2) is 4.79 Å². The van der Waals surface area contributed by atoms with E-state index in [1.165, 1.54) is 73.0 Å². The van der Waals surface area contributed by atoms with E-state index < -0.39 is 210 Å². The summed E-state index contributed by atoms with van der Waals surface area (Å²) in [5, 5.41) is 85.5. The number of ether oxygens (including phenoxy) is 1. The zero-order valence-corrected chi connectivity index (χ0v) is 62.2. The molecule has 0 saturated carbocycles. The summed E-state index contributed by atoms with van der Waals surface area (Å²) in [6.45, 7) is 17.7. The fourth-order valence-corrected chi connectivity index (χ4v) is 11.5. The van der Waals surface area contributed by atoms with Crippen molar-refractivity contribution in [2.75, 3.05) is 27.2 Å². The first-order chi connectivity index (χ1) is 48.7. The number of likely N-dealkylation sites (N-methyl/N-ethyl adjacent to an activating group) is 2. The molecule has 1 heterocycles. The van der Waals surface area contributed by atoms with Crippen molar-refractivity contribution in [3.63, 3.8) is 0 Å². The van der Waals surface area contributed by atoms with Gasteiger partial charge in [-0.2, -0.15) is 0 Å². The van der Waals surface area contributed by atoms with Crippen LogP contribution in [-0.2, 0) is 67.1 Å². The molecule has 0 aromatic heterocycles. The Morgan fingerprint density at radius 3 is 1.56 bits per heavy atom. The fourth-order valence-electron chi connectivity index (χ4n) is 11.5. The molecule has 1 aromatic carbocycles. The molecule has 2 rings (SSSR count). The fraction of sp³-hybridized carbons (Fsp3) is 0.687. The number of rotatable bonds is 43. The quantitative estimate of drug-likeness (QED) is 0.0125. The lowest BCUT2D eigenvalue weighted by Gasteiger charge is -2.34. The number of phenolic OH excluding ortho intramolecular Hbond substituents is 1. The molecule has 592 valence electrons. The average molecular weight is 1490 g/mol. The smallest absolute Gasteiger partial charge is 0.329 e. The van der Waals surface area contributed by atoms with Gasteiger partial charge in [-0.05, 0) is 114 Å². The van der Waals surface area contributed by atoms with Crippen molar-refractivity contribution in [3.05, 3.63) is 29.8 Å². The van der Waals surface area contributed by atoms with Crippen LogP contribution in [0.2, 0.25) is 0 Å². The number of amides is 12. The van der Waals surface area contributed by atoms with Gasteiger partial charge in [0.2, 0.25) is 65.0 Å². The maximum atomic E-state index is 14.8. The third-order valence-electron chi connectivity index (χ3n) is 18.2. The van der Waals surface area contributed by atoms with Gasteiger partial charge in [0, 0.05) is 39.5 Å². The number of primary amides is 2. The number of esters is 1.